The van der Waals surface area contributed by atoms with Crippen molar-refractivity contribution in [1.82, 2.24) is 0 Å². The molecule has 0 amide bonds. The van der Waals surface area contributed by atoms with Gasteiger partial charge in [0.1, 0.15) is 12.8 Å². The molecule has 0 bridgehead atoms. The molecule has 3 rings (SSSR count). The molecule has 1 heteroatoms. The Morgan fingerprint density at radius 1 is 0.909 bits per heavy atom. The third-order valence-corrected chi connectivity index (χ3v) is 4.90. The number of benzene rings is 2. The van der Waals surface area contributed by atoms with Crippen LogP contribution in [0.2, 0.25) is 0 Å². The first-order chi connectivity index (χ1) is 10.8. The fourth-order valence-corrected chi connectivity index (χ4v) is 3.77. The van der Waals surface area contributed by atoms with Crippen molar-refractivity contribution in [2.75, 3.05) is 7.11 Å². The van der Waals surface area contributed by atoms with E-state index in [0.29, 0.717) is 11.8 Å². The zero-order valence-corrected chi connectivity index (χ0v) is 13.5. The van der Waals surface area contributed by atoms with Gasteiger partial charge in [-0.25, -0.2) is 0 Å². The number of methoxy groups -OCH3 is 1. The summed E-state index contributed by atoms with van der Waals surface area (Å²) in [4.78, 5) is 0. The molecule has 0 spiro atoms. The zero-order chi connectivity index (χ0) is 15.4. The summed E-state index contributed by atoms with van der Waals surface area (Å²) in [5.41, 5.74) is 2.68. The minimum Gasteiger partial charge on any atom is -0.197 e. The van der Waals surface area contributed by atoms with Crippen molar-refractivity contribution in [2.45, 2.75) is 26.2 Å². The van der Waals surface area contributed by atoms with Gasteiger partial charge in [0.05, 0.1) is 7.11 Å². The van der Waals surface area contributed by atoms with Gasteiger partial charge < -0.3 is 0 Å². The van der Waals surface area contributed by atoms with Crippen molar-refractivity contribution in [3.05, 3.63) is 83.8 Å². The van der Waals surface area contributed by atoms with E-state index in [0.717, 1.165) is 0 Å². The lowest BCUT2D eigenvalue weighted by Crippen LogP contribution is -2.24. The smallest absolute Gasteiger partial charge is 0.197 e. The average Bonchev–Trinajstić information content (AvgIpc) is 3.06. The molecule has 2 unspecified atom stereocenters. The molecule has 0 aromatic heterocycles. The highest BCUT2D eigenvalue weighted by Crippen LogP contribution is 2.47. The molecule has 22 heavy (non-hydrogen) atoms. The maximum Gasteiger partial charge on any atom is 0.241 e. The predicted molar refractivity (Wildman–Crippen MR) is 91.1 cm³/mol. The summed E-state index contributed by atoms with van der Waals surface area (Å²) in [5, 5.41) is 0. The Hall–Kier alpha value is -1.73. The Labute approximate surface area is 134 Å². The highest BCUT2D eigenvalue weighted by Gasteiger charge is 2.45. The van der Waals surface area contributed by atoms with E-state index in [1.54, 1.807) is 7.11 Å². The number of hydrogen-bond donors (Lipinski definition) is 0. The van der Waals surface area contributed by atoms with Gasteiger partial charge in [0.25, 0.3) is 0 Å². The summed E-state index contributed by atoms with van der Waals surface area (Å²) in [6.45, 7) is 2.14. The molecule has 2 aromatic rings. The predicted octanol–water partition coefficient (Wildman–Crippen LogP) is 5.27. The number of ether oxygens (including phenoxy) is 1. The third kappa shape index (κ3) is 3.05. The molecule has 0 aliphatic heterocycles. The van der Waals surface area contributed by atoms with E-state index in [4.69, 9.17) is 4.74 Å². The summed E-state index contributed by atoms with van der Waals surface area (Å²) < 4.78 is 5.59. The van der Waals surface area contributed by atoms with Crippen molar-refractivity contribution in [1.29, 1.82) is 0 Å². The molecule has 0 heterocycles. The first kappa shape index (κ1) is 15.2. The number of rotatable bonds is 5. The molecule has 1 aliphatic carbocycles. The third-order valence-electron chi connectivity index (χ3n) is 4.90. The SMILES string of the molecule is CO[C+](C)C1CCCC1[C](c1ccccc1)c1ccccc1. The Bertz CT molecular complexity index is 523. The average molecular weight is 292 g/mol. The molecule has 1 aliphatic rings. The Morgan fingerprint density at radius 2 is 1.45 bits per heavy atom. The van der Waals surface area contributed by atoms with E-state index in [1.807, 2.05) is 0 Å². The van der Waals surface area contributed by atoms with E-state index >= 15 is 0 Å². The van der Waals surface area contributed by atoms with Gasteiger partial charge in [-0.1, -0.05) is 60.7 Å². The molecule has 113 valence electrons. The fourth-order valence-electron chi connectivity index (χ4n) is 3.77. The van der Waals surface area contributed by atoms with Crippen LogP contribution in [0.25, 0.3) is 0 Å². The molecular weight excluding hydrogens is 268 g/mol. The largest absolute Gasteiger partial charge is 0.241 e. The normalized spacial score (nSPS) is 21.2. The fraction of sp³-hybridized carbons (Fsp3) is 0.333. The van der Waals surface area contributed by atoms with Crippen molar-refractivity contribution < 1.29 is 4.74 Å². The van der Waals surface area contributed by atoms with E-state index in [-0.39, 0.29) is 0 Å². The van der Waals surface area contributed by atoms with Crippen molar-refractivity contribution >= 4 is 0 Å². The monoisotopic (exact) mass is 292 g/mol. The van der Waals surface area contributed by atoms with E-state index in [2.05, 4.69) is 67.6 Å². The van der Waals surface area contributed by atoms with Crippen LogP contribution >= 0.6 is 0 Å². The summed E-state index contributed by atoms with van der Waals surface area (Å²) in [7, 11) is 1.80. The summed E-state index contributed by atoms with van der Waals surface area (Å²) >= 11 is 0. The molecule has 0 saturated heterocycles. The molecular formula is C21H24O+. The standard InChI is InChI=1S/C21H24O/c1-16(22-2)19-14-9-15-20(19)21(17-10-5-3-6-11-17)18-12-7-4-8-13-18/h3-8,10-13,19-20H,9,14-15H2,1-2H3/q+1. The van der Waals surface area contributed by atoms with Gasteiger partial charge in [0.15, 0.2) is 0 Å². The highest BCUT2D eigenvalue weighted by atomic mass is 16.5. The summed E-state index contributed by atoms with van der Waals surface area (Å²) in [5.74, 6) is 2.55. The van der Waals surface area contributed by atoms with E-state index in [9.17, 15) is 0 Å². The van der Waals surface area contributed by atoms with Gasteiger partial charge in [-0.3, -0.25) is 0 Å². The second kappa shape index (κ2) is 7.02. The Balaban J connectivity index is 1.99. The summed E-state index contributed by atoms with van der Waals surface area (Å²) in [6, 6.07) is 21.7. The lowest BCUT2D eigenvalue weighted by Gasteiger charge is -2.26. The molecule has 2 atom stereocenters. The van der Waals surface area contributed by atoms with Crippen molar-refractivity contribution in [3.63, 3.8) is 0 Å². The molecule has 1 nitrogen and oxygen atoms in total. The molecule has 2 aromatic carbocycles. The minimum atomic E-state index is 0.528. The van der Waals surface area contributed by atoms with Crippen LogP contribution in [0.5, 0.6) is 0 Å². The number of hydrogen-bond acceptors (Lipinski definition) is 1. The van der Waals surface area contributed by atoms with Crippen molar-refractivity contribution in [2.24, 2.45) is 11.8 Å². The van der Waals surface area contributed by atoms with Crippen LogP contribution in [0.3, 0.4) is 0 Å². The second-order valence-corrected chi connectivity index (χ2v) is 6.10. The second-order valence-electron chi connectivity index (χ2n) is 6.10. The van der Waals surface area contributed by atoms with Crippen LogP contribution in [-0.2, 0) is 4.74 Å². The van der Waals surface area contributed by atoms with Gasteiger partial charge in [-0.15, -0.1) is 0 Å². The van der Waals surface area contributed by atoms with Gasteiger partial charge in [-0.2, -0.15) is 4.74 Å². The highest BCUT2D eigenvalue weighted by molar-refractivity contribution is 5.47. The maximum atomic E-state index is 5.59. The van der Waals surface area contributed by atoms with Gasteiger partial charge in [0, 0.05) is 11.8 Å². The van der Waals surface area contributed by atoms with E-state index < -0.39 is 0 Å². The van der Waals surface area contributed by atoms with Gasteiger partial charge in [-0.05, 0) is 30.4 Å². The van der Waals surface area contributed by atoms with Gasteiger partial charge in [0.2, 0.25) is 6.10 Å². The van der Waals surface area contributed by atoms with Crippen LogP contribution < -0.4 is 0 Å². The summed E-state index contributed by atoms with van der Waals surface area (Å²) in [6.07, 6.45) is 4.92. The quantitative estimate of drug-likeness (QED) is 0.682. The maximum absolute atomic E-state index is 5.59. The minimum absolute atomic E-state index is 0.528. The molecule has 1 fully saturated rings. The van der Waals surface area contributed by atoms with Crippen LogP contribution in [0.1, 0.15) is 37.3 Å². The molecule has 0 N–H and O–H groups in total. The van der Waals surface area contributed by atoms with Crippen LogP contribution in [-0.4, -0.2) is 7.11 Å². The molecule has 1 radical (unpaired) electrons. The molecule has 1 saturated carbocycles. The lowest BCUT2D eigenvalue weighted by molar-refractivity contribution is 0.148. The van der Waals surface area contributed by atoms with Crippen LogP contribution in [0.4, 0.5) is 0 Å². The first-order valence-electron chi connectivity index (χ1n) is 8.16. The lowest BCUT2D eigenvalue weighted by atomic mass is 9.74. The van der Waals surface area contributed by atoms with Crippen LogP contribution in [0.15, 0.2) is 60.7 Å². The Kier molecular flexibility index (Phi) is 4.84. The van der Waals surface area contributed by atoms with E-state index in [1.165, 1.54) is 42.4 Å². The topological polar surface area (TPSA) is 9.23 Å². The van der Waals surface area contributed by atoms with Crippen LogP contribution in [0, 0.1) is 23.9 Å². The first-order valence-corrected chi connectivity index (χ1v) is 8.16. The van der Waals surface area contributed by atoms with Gasteiger partial charge >= 0.3 is 0 Å². The zero-order valence-electron chi connectivity index (χ0n) is 13.5. The Morgan fingerprint density at radius 3 is 1.95 bits per heavy atom. The van der Waals surface area contributed by atoms with Crippen molar-refractivity contribution in [3.8, 4) is 0 Å².